The number of carbonyl (C=O) groups is 2. The van der Waals surface area contributed by atoms with Crippen molar-refractivity contribution in [1.29, 1.82) is 0 Å². The molecule has 0 atom stereocenters. The van der Waals surface area contributed by atoms with Crippen molar-refractivity contribution in [3.05, 3.63) is 33.8 Å². The Morgan fingerprint density at radius 3 is 2.48 bits per heavy atom. The molecule has 0 unspecified atom stereocenters. The van der Waals surface area contributed by atoms with E-state index in [0.717, 1.165) is 25.7 Å². The quantitative estimate of drug-likeness (QED) is 0.641. The third-order valence-corrected chi connectivity index (χ3v) is 4.52. The summed E-state index contributed by atoms with van der Waals surface area (Å²) >= 11 is 11.8. The van der Waals surface area contributed by atoms with Crippen molar-refractivity contribution >= 4 is 35.1 Å². The number of ether oxygens (including phenoxy) is 1. The first-order valence-corrected chi connectivity index (χ1v) is 8.69. The summed E-state index contributed by atoms with van der Waals surface area (Å²) in [6, 6.07) is 5.12. The van der Waals surface area contributed by atoms with Crippen molar-refractivity contribution in [2.45, 2.75) is 51.0 Å². The summed E-state index contributed by atoms with van der Waals surface area (Å²) in [4.78, 5) is 23.7. The van der Waals surface area contributed by atoms with Gasteiger partial charge < -0.3 is 10.1 Å². The minimum atomic E-state index is -0.481. The summed E-state index contributed by atoms with van der Waals surface area (Å²) in [7, 11) is 0. The van der Waals surface area contributed by atoms with Crippen molar-refractivity contribution in [2.75, 3.05) is 6.61 Å². The fraction of sp³-hybridized carbons (Fsp3) is 0.529. The van der Waals surface area contributed by atoms with Crippen LogP contribution in [0.15, 0.2) is 18.2 Å². The Morgan fingerprint density at radius 2 is 1.83 bits per heavy atom. The Morgan fingerprint density at radius 1 is 1.13 bits per heavy atom. The van der Waals surface area contributed by atoms with Gasteiger partial charge in [-0.05, 0) is 30.5 Å². The molecule has 1 saturated carbocycles. The van der Waals surface area contributed by atoms with Crippen LogP contribution in [0.2, 0.25) is 10.0 Å². The van der Waals surface area contributed by atoms with Crippen LogP contribution in [-0.4, -0.2) is 24.5 Å². The Kier molecular flexibility index (Phi) is 7.18. The second-order valence-electron chi connectivity index (χ2n) is 5.83. The van der Waals surface area contributed by atoms with Gasteiger partial charge in [-0.2, -0.15) is 0 Å². The maximum Gasteiger partial charge on any atom is 0.310 e. The minimum absolute atomic E-state index is 0.0205. The lowest BCUT2D eigenvalue weighted by atomic mass is 10.1. The summed E-state index contributed by atoms with van der Waals surface area (Å²) < 4.78 is 5.02. The van der Waals surface area contributed by atoms with E-state index in [4.69, 9.17) is 27.9 Å². The standard InChI is InChI=1S/C17H21Cl2NO3/c18-13-8-7-12(15(19)10-13)9-17(22)23-11-16(21)20-14-5-3-1-2-4-6-14/h7-8,10,14H,1-6,9,11H2,(H,20,21). The molecule has 0 aliphatic heterocycles. The zero-order chi connectivity index (χ0) is 16.7. The molecule has 0 saturated heterocycles. The first kappa shape index (κ1) is 18.1. The van der Waals surface area contributed by atoms with E-state index < -0.39 is 5.97 Å². The van der Waals surface area contributed by atoms with Crippen molar-refractivity contribution in [1.82, 2.24) is 5.32 Å². The third-order valence-electron chi connectivity index (χ3n) is 3.93. The number of hydrogen-bond donors (Lipinski definition) is 1. The van der Waals surface area contributed by atoms with Gasteiger partial charge in [-0.25, -0.2) is 0 Å². The number of hydrogen-bond acceptors (Lipinski definition) is 3. The highest BCUT2D eigenvalue weighted by molar-refractivity contribution is 6.35. The van der Waals surface area contributed by atoms with Gasteiger partial charge in [0.2, 0.25) is 0 Å². The van der Waals surface area contributed by atoms with Crippen LogP contribution >= 0.6 is 23.2 Å². The normalized spacial score (nSPS) is 15.7. The van der Waals surface area contributed by atoms with Crippen LogP contribution in [0.5, 0.6) is 0 Å². The second kappa shape index (κ2) is 9.14. The molecule has 23 heavy (non-hydrogen) atoms. The molecule has 1 amide bonds. The summed E-state index contributed by atoms with van der Waals surface area (Å²) in [5.41, 5.74) is 0.630. The number of esters is 1. The van der Waals surface area contributed by atoms with E-state index in [9.17, 15) is 9.59 Å². The van der Waals surface area contributed by atoms with Crippen LogP contribution < -0.4 is 5.32 Å². The highest BCUT2D eigenvalue weighted by Crippen LogP contribution is 2.21. The van der Waals surface area contributed by atoms with E-state index in [1.165, 1.54) is 12.8 Å². The fourth-order valence-corrected chi connectivity index (χ4v) is 3.19. The van der Waals surface area contributed by atoms with Gasteiger partial charge in [0.15, 0.2) is 6.61 Å². The Balaban J connectivity index is 1.73. The molecule has 6 heteroatoms. The number of benzene rings is 1. The van der Waals surface area contributed by atoms with Crippen molar-refractivity contribution in [3.8, 4) is 0 Å². The lowest BCUT2D eigenvalue weighted by Crippen LogP contribution is -2.37. The molecule has 0 aromatic heterocycles. The van der Waals surface area contributed by atoms with Gasteiger partial charge in [0.05, 0.1) is 6.42 Å². The number of amides is 1. The highest BCUT2D eigenvalue weighted by atomic mass is 35.5. The number of nitrogens with one attached hydrogen (secondary N) is 1. The minimum Gasteiger partial charge on any atom is -0.455 e. The lowest BCUT2D eigenvalue weighted by Gasteiger charge is -2.16. The molecular weight excluding hydrogens is 337 g/mol. The highest BCUT2D eigenvalue weighted by Gasteiger charge is 2.16. The Hall–Kier alpha value is -1.26. The first-order chi connectivity index (χ1) is 11.0. The predicted molar refractivity (Wildman–Crippen MR) is 90.8 cm³/mol. The summed E-state index contributed by atoms with van der Waals surface area (Å²) in [5.74, 6) is -0.724. The van der Waals surface area contributed by atoms with Crippen LogP contribution in [0.25, 0.3) is 0 Å². The molecule has 2 rings (SSSR count). The van der Waals surface area contributed by atoms with Crippen LogP contribution in [0.3, 0.4) is 0 Å². The molecule has 1 aromatic carbocycles. The van der Waals surface area contributed by atoms with Crippen molar-refractivity contribution in [2.24, 2.45) is 0 Å². The number of carbonyl (C=O) groups excluding carboxylic acids is 2. The average molecular weight is 358 g/mol. The monoisotopic (exact) mass is 357 g/mol. The maximum absolute atomic E-state index is 11.9. The van der Waals surface area contributed by atoms with Gasteiger partial charge in [0.1, 0.15) is 0 Å². The molecule has 0 heterocycles. The maximum atomic E-state index is 11.9. The van der Waals surface area contributed by atoms with Gasteiger partial charge in [-0.1, -0.05) is 55.0 Å². The number of rotatable bonds is 5. The van der Waals surface area contributed by atoms with Crippen LogP contribution in [-0.2, 0) is 20.7 Å². The van der Waals surface area contributed by atoms with E-state index in [0.29, 0.717) is 15.6 Å². The predicted octanol–water partition coefficient (Wildman–Crippen LogP) is 3.92. The second-order valence-corrected chi connectivity index (χ2v) is 6.67. The molecule has 1 aromatic rings. The van der Waals surface area contributed by atoms with Gasteiger partial charge >= 0.3 is 5.97 Å². The molecule has 1 N–H and O–H groups in total. The van der Waals surface area contributed by atoms with E-state index in [1.807, 2.05) is 0 Å². The zero-order valence-electron chi connectivity index (χ0n) is 12.9. The van der Waals surface area contributed by atoms with Crippen molar-refractivity contribution in [3.63, 3.8) is 0 Å². The molecular formula is C17H21Cl2NO3. The molecule has 1 aliphatic rings. The molecule has 0 spiro atoms. The van der Waals surface area contributed by atoms with Gasteiger partial charge in [0, 0.05) is 16.1 Å². The van der Waals surface area contributed by atoms with E-state index >= 15 is 0 Å². The third kappa shape index (κ3) is 6.40. The number of halogens is 2. The van der Waals surface area contributed by atoms with Crippen LogP contribution in [0, 0.1) is 0 Å². The fourth-order valence-electron chi connectivity index (χ4n) is 2.71. The zero-order valence-corrected chi connectivity index (χ0v) is 14.5. The lowest BCUT2D eigenvalue weighted by molar-refractivity contribution is -0.148. The molecule has 4 nitrogen and oxygen atoms in total. The largest absolute Gasteiger partial charge is 0.455 e. The van der Waals surface area contributed by atoms with E-state index in [1.54, 1.807) is 18.2 Å². The van der Waals surface area contributed by atoms with Crippen LogP contribution in [0.4, 0.5) is 0 Å². The topological polar surface area (TPSA) is 55.4 Å². The van der Waals surface area contributed by atoms with E-state index in [2.05, 4.69) is 5.32 Å². The van der Waals surface area contributed by atoms with Gasteiger partial charge in [0.25, 0.3) is 5.91 Å². The summed E-state index contributed by atoms with van der Waals surface area (Å²) in [6.45, 7) is -0.249. The van der Waals surface area contributed by atoms with Gasteiger partial charge in [-0.3, -0.25) is 9.59 Å². The Labute approximate surface area is 146 Å². The molecule has 126 valence electrons. The van der Waals surface area contributed by atoms with Crippen LogP contribution in [0.1, 0.15) is 44.1 Å². The van der Waals surface area contributed by atoms with E-state index in [-0.39, 0.29) is 25.0 Å². The molecule has 0 radical (unpaired) electrons. The summed E-state index contributed by atoms with van der Waals surface area (Å²) in [5, 5.41) is 3.86. The Bertz CT molecular complexity index is 555. The van der Waals surface area contributed by atoms with Gasteiger partial charge in [-0.15, -0.1) is 0 Å². The molecule has 1 aliphatic carbocycles. The SMILES string of the molecule is O=C(COC(=O)Cc1ccc(Cl)cc1Cl)NC1CCCCCC1. The molecule has 1 fully saturated rings. The summed E-state index contributed by atoms with van der Waals surface area (Å²) in [6.07, 6.45) is 6.75. The smallest absolute Gasteiger partial charge is 0.310 e. The first-order valence-electron chi connectivity index (χ1n) is 7.93. The van der Waals surface area contributed by atoms with Crippen molar-refractivity contribution < 1.29 is 14.3 Å². The average Bonchev–Trinajstić information content (AvgIpc) is 2.77. The molecule has 0 bridgehead atoms.